The zero-order valence-electron chi connectivity index (χ0n) is 10.8. The molecule has 1 N–H and O–H groups in total. The predicted molar refractivity (Wildman–Crippen MR) is 78.0 cm³/mol. The lowest BCUT2D eigenvalue weighted by Gasteiger charge is -2.30. The molecule has 20 heavy (non-hydrogen) atoms. The number of benzene rings is 1. The van der Waals surface area contributed by atoms with Crippen LogP contribution in [0.3, 0.4) is 0 Å². The van der Waals surface area contributed by atoms with Gasteiger partial charge in [-0.25, -0.2) is 0 Å². The lowest BCUT2D eigenvalue weighted by atomic mass is 9.86. The Morgan fingerprint density at radius 1 is 1.20 bits per heavy atom. The normalized spacial score (nSPS) is 18.1. The van der Waals surface area contributed by atoms with Crippen LogP contribution in [0.1, 0.15) is 24.4 Å². The van der Waals surface area contributed by atoms with Crippen LogP contribution in [-0.2, 0) is 0 Å². The van der Waals surface area contributed by atoms with Gasteiger partial charge < -0.3 is 5.32 Å². The summed E-state index contributed by atoms with van der Waals surface area (Å²) >= 11 is 12.2. The summed E-state index contributed by atoms with van der Waals surface area (Å²) in [5.74, 6) is 0.461. The second-order valence-electron chi connectivity index (χ2n) is 4.96. The number of aromatic nitrogens is 4. The number of nitrogens with zero attached hydrogens (tertiary/aromatic N) is 4. The molecule has 1 aliphatic heterocycles. The van der Waals surface area contributed by atoms with Gasteiger partial charge in [-0.05, 0) is 54.8 Å². The third-order valence-corrected chi connectivity index (χ3v) is 4.47. The molecule has 1 fully saturated rings. The van der Waals surface area contributed by atoms with Crippen molar-refractivity contribution >= 4 is 23.2 Å². The molecule has 0 radical (unpaired) electrons. The Balaban J connectivity index is 1.98. The lowest BCUT2D eigenvalue weighted by Crippen LogP contribution is -2.34. The highest BCUT2D eigenvalue weighted by Gasteiger charge is 2.28. The van der Waals surface area contributed by atoms with Crippen LogP contribution in [0.4, 0.5) is 0 Å². The standard InChI is InChI=1S/C13H15Cl2N5/c14-11-2-1-10(7-12(11)15)13(20-18-8-17-19-20)9-3-5-16-6-4-9/h1-2,7-9,13,16H,3-6H2. The number of piperidine rings is 1. The average Bonchev–Trinajstić information content (AvgIpc) is 2.98. The van der Waals surface area contributed by atoms with E-state index in [0.29, 0.717) is 16.0 Å². The number of tetrazole rings is 1. The molecule has 0 saturated carbocycles. The van der Waals surface area contributed by atoms with Crippen molar-refractivity contribution in [3.63, 3.8) is 0 Å². The first kappa shape index (κ1) is 13.8. The zero-order chi connectivity index (χ0) is 13.9. The molecule has 5 nitrogen and oxygen atoms in total. The van der Waals surface area contributed by atoms with Crippen molar-refractivity contribution in [3.8, 4) is 0 Å². The van der Waals surface area contributed by atoms with Crippen molar-refractivity contribution in [1.29, 1.82) is 0 Å². The van der Waals surface area contributed by atoms with Gasteiger partial charge >= 0.3 is 0 Å². The summed E-state index contributed by atoms with van der Waals surface area (Å²) in [6.07, 6.45) is 3.62. The minimum atomic E-state index is 0.0503. The van der Waals surface area contributed by atoms with E-state index < -0.39 is 0 Å². The minimum absolute atomic E-state index is 0.0503. The van der Waals surface area contributed by atoms with Crippen LogP contribution >= 0.6 is 23.2 Å². The van der Waals surface area contributed by atoms with E-state index in [1.165, 1.54) is 6.33 Å². The van der Waals surface area contributed by atoms with Crippen LogP contribution in [0.15, 0.2) is 24.5 Å². The summed E-state index contributed by atoms with van der Waals surface area (Å²) in [4.78, 5) is 1.68. The predicted octanol–water partition coefficient (Wildman–Crippen LogP) is 2.57. The van der Waals surface area contributed by atoms with Crippen LogP contribution in [0, 0.1) is 5.92 Å². The first-order chi connectivity index (χ1) is 9.75. The lowest BCUT2D eigenvalue weighted by molar-refractivity contribution is 0.257. The number of hydrogen-bond acceptors (Lipinski definition) is 4. The Kier molecular flexibility index (Phi) is 4.19. The van der Waals surface area contributed by atoms with E-state index in [4.69, 9.17) is 23.2 Å². The Hall–Kier alpha value is -1.17. The molecule has 1 atom stereocenters. The molecule has 1 unspecified atom stereocenters. The summed E-state index contributed by atoms with van der Waals surface area (Å²) in [7, 11) is 0. The second-order valence-corrected chi connectivity index (χ2v) is 5.78. The van der Waals surface area contributed by atoms with Gasteiger partial charge in [-0.15, -0.1) is 10.2 Å². The van der Waals surface area contributed by atoms with Gasteiger partial charge in [-0.2, -0.15) is 4.80 Å². The minimum Gasteiger partial charge on any atom is -0.317 e. The number of hydrogen-bond donors (Lipinski definition) is 1. The van der Waals surface area contributed by atoms with E-state index in [0.717, 1.165) is 31.5 Å². The van der Waals surface area contributed by atoms with Crippen molar-refractivity contribution in [2.24, 2.45) is 5.92 Å². The van der Waals surface area contributed by atoms with Crippen molar-refractivity contribution in [2.75, 3.05) is 13.1 Å². The Morgan fingerprint density at radius 3 is 2.65 bits per heavy atom. The molecule has 3 rings (SSSR count). The highest BCUT2D eigenvalue weighted by molar-refractivity contribution is 6.42. The molecule has 1 saturated heterocycles. The van der Waals surface area contributed by atoms with Gasteiger partial charge in [-0.3, -0.25) is 0 Å². The molecule has 106 valence electrons. The molecule has 2 aromatic rings. The SMILES string of the molecule is Clc1ccc(C(C2CCNCC2)n2ncnn2)cc1Cl. The van der Waals surface area contributed by atoms with Crippen molar-refractivity contribution in [3.05, 3.63) is 40.1 Å². The molecule has 1 aromatic heterocycles. The monoisotopic (exact) mass is 311 g/mol. The molecule has 7 heteroatoms. The van der Waals surface area contributed by atoms with Gasteiger partial charge in [0, 0.05) is 0 Å². The van der Waals surface area contributed by atoms with Crippen LogP contribution < -0.4 is 5.32 Å². The summed E-state index contributed by atoms with van der Waals surface area (Å²) in [6.45, 7) is 2.02. The molecule has 0 amide bonds. The first-order valence-electron chi connectivity index (χ1n) is 6.64. The summed E-state index contributed by atoms with van der Waals surface area (Å²) in [5.41, 5.74) is 1.07. The third kappa shape index (κ3) is 2.80. The molecule has 0 aliphatic carbocycles. The molecule has 1 aromatic carbocycles. The van der Waals surface area contributed by atoms with Gasteiger partial charge in [0.2, 0.25) is 0 Å². The topological polar surface area (TPSA) is 55.6 Å². The highest BCUT2D eigenvalue weighted by Crippen LogP contribution is 2.34. The zero-order valence-corrected chi connectivity index (χ0v) is 12.3. The van der Waals surface area contributed by atoms with Gasteiger partial charge in [-0.1, -0.05) is 29.3 Å². The van der Waals surface area contributed by atoms with Crippen LogP contribution in [-0.4, -0.2) is 33.3 Å². The fraction of sp³-hybridized carbons (Fsp3) is 0.462. The maximum Gasteiger partial charge on any atom is 0.162 e. The van der Waals surface area contributed by atoms with Crippen LogP contribution in [0.5, 0.6) is 0 Å². The molecule has 2 heterocycles. The summed E-state index contributed by atoms with van der Waals surface area (Å²) in [6, 6.07) is 5.77. The smallest absolute Gasteiger partial charge is 0.162 e. The quantitative estimate of drug-likeness (QED) is 0.946. The first-order valence-corrected chi connectivity index (χ1v) is 7.39. The van der Waals surface area contributed by atoms with Gasteiger partial charge in [0.25, 0.3) is 0 Å². The second kappa shape index (κ2) is 6.08. The van der Waals surface area contributed by atoms with E-state index in [2.05, 4.69) is 20.7 Å². The maximum absolute atomic E-state index is 6.15. The van der Waals surface area contributed by atoms with Crippen molar-refractivity contribution in [2.45, 2.75) is 18.9 Å². The van der Waals surface area contributed by atoms with E-state index in [-0.39, 0.29) is 6.04 Å². The Labute approximate surface area is 127 Å². The number of halogens is 2. The molecular weight excluding hydrogens is 297 g/mol. The fourth-order valence-corrected chi connectivity index (χ4v) is 3.06. The number of nitrogens with one attached hydrogen (secondary N) is 1. The van der Waals surface area contributed by atoms with E-state index in [9.17, 15) is 0 Å². The summed E-state index contributed by atoms with van der Waals surface area (Å²) < 4.78 is 0. The maximum atomic E-state index is 6.15. The van der Waals surface area contributed by atoms with Gasteiger partial charge in [0.15, 0.2) is 6.33 Å². The van der Waals surface area contributed by atoms with Crippen molar-refractivity contribution < 1.29 is 0 Å². The van der Waals surface area contributed by atoms with E-state index in [1.807, 2.05) is 18.2 Å². The molecule has 1 aliphatic rings. The van der Waals surface area contributed by atoms with Gasteiger partial charge in [0.1, 0.15) is 6.04 Å². The molecule has 0 spiro atoms. The number of rotatable bonds is 3. The fourth-order valence-electron chi connectivity index (χ4n) is 2.75. The highest BCUT2D eigenvalue weighted by atomic mass is 35.5. The Morgan fingerprint density at radius 2 is 2.00 bits per heavy atom. The average molecular weight is 312 g/mol. The van der Waals surface area contributed by atoms with Crippen molar-refractivity contribution in [1.82, 2.24) is 25.5 Å². The van der Waals surface area contributed by atoms with E-state index >= 15 is 0 Å². The Bertz CT molecular complexity index is 566. The van der Waals surface area contributed by atoms with Gasteiger partial charge in [0.05, 0.1) is 10.0 Å². The summed E-state index contributed by atoms with van der Waals surface area (Å²) in [5, 5.41) is 16.6. The van der Waals surface area contributed by atoms with Crippen LogP contribution in [0.2, 0.25) is 10.0 Å². The largest absolute Gasteiger partial charge is 0.317 e. The molecular formula is C13H15Cl2N5. The third-order valence-electron chi connectivity index (χ3n) is 3.73. The molecule has 0 bridgehead atoms. The van der Waals surface area contributed by atoms with E-state index in [1.54, 1.807) is 4.80 Å². The van der Waals surface area contributed by atoms with Crippen LogP contribution in [0.25, 0.3) is 0 Å².